The average molecular weight is 191 g/mol. The second-order valence-electron chi connectivity index (χ2n) is 2.88. The Balaban J connectivity index is 2.95. The van der Waals surface area contributed by atoms with Crippen LogP contribution in [0.2, 0.25) is 0 Å². The van der Waals surface area contributed by atoms with E-state index in [-0.39, 0.29) is 23.4 Å². The molecule has 0 aliphatic carbocycles. The highest BCUT2D eigenvalue weighted by Crippen LogP contribution is 2.21. The van der Waals surface area contributed by atoms with Crippen molar-refractivity contribution in [2.24, 2.45) is 5.73 Å². The number of nitrogens with two attached hydrogens (primary N) is 1. The molecule has 0 atom stereocenters. The molecule has 5 nitrogen and oxygen atoms in total. The average Bonchev–Trinajstić information content (AvgIpc) is 2.23. The predicted molar refractivity (Wildman–Crippen MR) is 51.9 cm³/mol. The van der Waals surface area contributed by atoms with Gasteiger partial charge in [0.25, 0.3) is 5.56 Å². The Morgan fingerprint density at radius 2 is 2.36 bits per heavy atom. The molecular formula is C9H9N3O2. The Hall–Kier alpha value is -1.88. The zero-order valence-electron chi connectivity index (χ0n) is 7.32. The molecule has 0 radical (unpaired) electrons. The van der Waals surface area contributed by atoms with Crippen molar-refractivity contribution in [1.82, 2.24) is 9.97 Å². The van der Waals surface area contributed by atoms with Crippen LogP contribution in [0.15, 0.2) is 23.1 Å². The summed E-state index contributed by atoms with van der Waals surface area (Å²) >= 11 is 0. The van der Waals surface area contributed by atoms with Crippen molar-refractivity contribution in [2.75, 3.05) is 0 Å². The summed E-state index contributed by atoms with van der Waals surface area (Å²) in [7, 11) is 0. The van der Waals surface area contributed by atoms with Crippen LogP contribution in [0.3, 0.4) is 0 Å². The number of nitrogens with zero attached hydrogens (tertiary/aromatic N) is 1. The molecule has 0 unspecified atom stereocenters. The normalized spacial score (nSPS) is 10.6. The molecular weight excluding hydrogens is 182 g/mol. The van der Waals surface area contributed by atoms with Gasteiger partial charge in [-0.25, -0.2) is 0 Å². The van der Waals surface area contributed by atoms with Crippen molar-refractivity contribution >= 4 is 10.9 Å². The Kier molecular flexibility index (Phi) is 1.94. The van der Waals surface area contributed by atoms with E-state index >= 15 is 0 Å². The first-order chi connectivity index (χ1) is 6.74. The van der Waals surface area contributed by atoms with Gasteiger partial charge in [0.05, 0.1) is 11.1 Å². The van der Waals surface area contributed by atoms with Crippen molar-refractivity contribution in [2.45, 2.75) is 6.54 Å². The fourth-order valence-electron chi connectivity index (χ4n) is 1.33. The van der Waals surface area contributed by atoms with E-state index < -0.39 is 0 Å². The quantitative estimate of drug-likeness (QED) is 0.595. The molecule has 5 heteroatoms. The van der Waals surface area contributed by atoms with Crippen LogP contribution in [0.5, 0.6) is 5.75 Å². The lowest BCUT2D eigenvalue weighted by Crippen LogP contribution is -2.12. The van der Waals surface area contributed by atoms with Gasteiger partial charge in [-0.05, 0) is 12.1 Å². The standard InChI is InChI=1S/C9H9N3O2/c10-4-6-8(13)7-5(9(14)12-6)2-1-3-11-7/h1-3,13H,4,10H2,(H,12,14). The number of aromatic amines is 1. The highest BCUT2D eigenvalue weighted by Gasteiger charge is 2.09. The van der Waals surface area contributed by atoms with Crippen LogP contribution in [-0.2, 0) is 6.54 Å². The first kappa shape index (κ1) is 8.71. The minimum atomic E-state index is -0.286. The molecule has 0 saturated carbocycles. The van der Waals surface area contributed by atoms with Gasteiger partial charge in [-0.15, -0.1) is 0 Å². The molecule has 4 N–H and O–H groups in total. The van der Waals surface area contributed by atoms with Crippen molar-refractivity contribution in [3.05, 3.63) is 34.4 Å². The first-order valence-electron chi connectivity index (χ1n) is 4.13. The minimum absolute atomic E-state index is 0.0531. The van der Waals surface area contributed by atoms with E-state index in [1.165, 1.54) is 6.20 Å². The molecule has 0 amide bonds. The number of fused-ring (bicyclic) bond motifs is 1. The van der Waals surface area contributed by atoms with Crippen LogP contribution in [-0.4, -0.2) is 15.1 Å². The van der Waals surface area contributed by atoms with Gasteiger partial charge in [-0.3, -0.25) is 9.78 Å². The third kappa shape index (κ3) is 1.14. The van der Waals surface area contributed by atoms with Crippen molar-refractivity contribution < 1.29 is 5.11 Å². The van der Waals surface area contributed by atoms with Crippen LogP contribution in [0.1, 0.15) is 5.69 Å². The highest BCUT2D eigenvalue weighted by molar-refractivity contribution is 5.83. The van der Waals surface area contributed by atoms with Crippen LogP contribution in [0.4, 0.5) is 0 Å². The molecule has 2 aromatic rings. The molecule has 2 heterocycles. The van der Waals surface area contributed by atoms with Crippen LogP contribution in [0.25, 0.3) is 10.9 Å². The highest BCUT2D eigenvalue weighted by atomic mass is 16.3. The van der Waals surface area contributed by atoms with Gasteiger partial charge < -0.3 is 15.8 Å². The van der Waals surface area contributed by atoms with E-state index in [2.05, 4.69) is 9.97 Å². The Labute approximate surface area is 79.2 Å². The topological polar surface area (TPSA) is 92.0 Å². The summed E-state index contributed by atoms with van der Waals surface area (Å²) in [6.45, 7) is 0.0770. The molecule has 0 spiro atoms. The molecule has 72 valence electrons. The third-order valence-electron chi connectivity index (χ3n) is 2.03. The zero-order valence-corrected chi connectivity index (χ0v) is 7.32. The van der Waals surface area contributed by atoms with Gasteiger partial charge in [0, 0.05) is 12.7 Å². The Bertz CT molecular complexity index is 533. The monoisotopic (exact) mass is 191 g/mol. The van der Waals surface area contributed by atoms with Gasteiger partial charge in [0.2, 0.25) is 0 Å². The number of H-pyrrole nitrogens is 1. The number of aromatic hydroxyl groups is 1. The van der Waals surface area contributed by atoms with Crippen LogP contribution >= 0.6 is 0 Å². The Morgan fingerprint density at radius 3 is 3.07 bits per heavy atom. The molecule has 0 bridgehead atoms. The molecule has 0 aromatic carbocycles. The smallest absolute Gasteiger partial charge is 0.257 e. The van der Waals surface area contributed by atoms with Gasteiger partial charge in [0.15, 0.2) is 5.75 Å². The van der Waals surface area contributed by atoms with Gasteiger partial charge >= 0.3 is 0 Å². The summed E-state index contributed by atoms with van der Waals surface area (Å²) in [6, 6.07) is 3.24. The maximum atomic E-state index is 11.4. The molecule has 0 saturated heterocycles. The van der Waals surface area contributed by atoms with E-state index in [1.54, 1.807) is 12.1 Å². The predicted octanol–water partition coefficient (Wildman–Crippen LogP) is 0.0874. The van der Waals surface area contributed by atoms with Gasteiger partial charge in [-0.1, -0.05) is 0 Å². The van der Waals surface area contributed by atoms with E-state index in [4.69, 9.17) is 5.73 Å². The molecule has 0 aliphatic rings. The number of hydrogen-bond donors (Lipinski definition) is 3. The largest absolute Gasteiger partial charge is 0.504 e. The van der Waals surface area contributed by atoms with Crippen molar-refractivity contribution in [3.63, 3.8) is 0 Å². The molecule has 2 aromatic heterocycles. The third-order valence-corrected chi connectivity index (χ3v) is 2.03. The molecule has 14 heavy (non-hydrogen) atoms. The van der Waals surface area contributed by atoms with E-state index in [0.29, 0.717) is 11.1 Å². The second-order valence-corrected chi connectivity index (χ2v) is 2.88. The zero-order chi connectivity index (χ0) is 10.1. The summed E-state index contributed by atoms with van der Waals surface area (Å²) in [5, 5.41) is 10.0. The van der Waals surface area contributed by atoms with E-state index in [9.17, 15) is 9.90 Å². The number of aromatic nitrogens is 2. The van der Waals surface area contributed by atoms with E-state index in [1.807, 2.05) is 0 Å². The lowest BCUT2D eigenvalue weighted by molar-refractivity contribution is 0.469. The number of rotatable bonds is 1. The van der Waals surface area contributed by atoms with Gasteiger partial charge in [0.1, 0.15) is 5.52 Å². The lowest BCUT2D eigenvalue weighted by Gasteiger charge is -2.03. The van der Waals surface area contributed by atoms with Gasteiger partial charge in [-0.2, -0.15) is 0 Å². The lowest BCUT2D eigenvalue weighted by atomic mass is 10.2. The Morgan fingerprint density at radius 1 is 1.57 bits per heavy atom. The summed E-state index contributed by atoms with van der Waals surface area (Å²) in [5.74, 6) is -0.0531. The molecule has 2 rings (SSSR count). The number of pyridine rings is 2. The summed E-state index contributed by atoms with van der Waals surface area (Å²) in [5.41, 5.74) is 5.66. The number of hydrogen-bond acceptors (Lipinski definition) is 4. The first-order valence-corrected chi connectivity index (χ1v) is 4.13. The molecule has 0 fully saturated rings. The van der Waals surface area contributed by atoms with E-state index in [0.717, 1.165) is 0 Å². The summed E-state index contributed by atoms with van der Waals surface area (Å²) in [6.07, 6.45) is 1.52. The SMILES string of the molecule is NCc1[nH]c(=O)c2cccnc2c1O. The fourth-order valence-corrected chi connectivity index (χ4v) is 1.33. The maximum absolute atomic E-state index is 11.4. The number of nitrogens with one attached hydrogen (secondary N) is 1. The van der Waals surface area contributed by atoms with Crippen molar-refractivity contribution in [1.29, 1.82) is 0 Å². The fraction of sp³-hybridized carbons (Fsp3) is 0.111. The second kappa shape index (κ2) is 3.12. The summed E-state index contributed by atoms with van der Waals surface area (Å²) < 4.78 is 0. The van der Waals surface area contributed by atoms with Crippen LogP contribution in [0, 0.1) is 0 Å². The molecule has 0 aliphatic heterocycles. The van der Waals surface area contributed by atoms with Crippen molar-refractivity contribution in [3.8, 4) is 5.75 Å². The minimum Gasteiger partial charge on any atom is -0.504 e. The summed E-state index contributed by atoms with van der Waals surface area (Å²) in [4.78, 5) is 17.9. The van der Waals surface area contributed by atoms with Crippen LogP contribution < -0.4 is 11.3 Å². The maximum Gasteiger partial charge on any atom is 0.257 e.